The zero-order valence-electron chi connectivity index (χ0n) is 20.7. The Balaban J connectivity index is 1.47. The molecule has 0 radical (unpaired) electrons. The van der Waals surface area contributed by atoms with Crippen LogP contribution in [0.1, 0.15) is 36.0 Å². The lowest BCUT2D eigenvalue weighted by Gasteiger charge is -2.29. The lowest BCUT2D eigenvalue weighted by atomic mass is 9.75. The highest BCUT2D eigenvalue weighted by atomic mass is 16.5. The molecule has 1 unspecified atom stereocenters. The van der Waals surface area contributed by atoms with Gasteiger partial charge in [-0.05, 0) is 36.6 Å². The van der Waals surface area contributed by atoms with Crippen LogP contribution in [0.4, 0.5) is 0 Å². The van der Waals surface area contributed by atoms with Crippen LogP contribution in [0.5, 0.6) is 5.75 Å². The number of aryl methyl sites for hydroxylation is 1. The minimum atomic E-state index is -1.21. The molecule has 1 atom stereocenters. The Labute approximate surface area is 211 Å². The lowest BCUT2D eigenvalue weighted by molar-refractivity contribution is -0.142. The third-order valence-corrected chi connectivity index (χ3v) is 6.58. The third kappa shape index (κ3) is 5.62. The Bertz CT molecular complexity index is 1200. The molecule has 0 saturated carbocycles. The number of pyridine rings is 1. The molecule has 1 aromatic heterocycles. The number of aromatic nitrogens is 1. The summed E-state index contributed by atoms with van der Waals surface area (Å²) in [6.07, 6.45) is 3.68. The minimum absolute atomic E-state index is 0.0244. The summed E-state index contributed by atoms with van der Waals surface area (Å²) in [5, 5.41) is 0. The van der Waals surface area contributed by atoms with Crippen LogP contribution < -0.4 is 4.74 Å². The van der Waals surface area contributed by atoms with E-state index in [2.05, 4.69) is 4.98 Å². The first-order chi connectivity index (χ1) is 17.4. The molecule has 2 heterocycles. The molecule has 7 nitrogen and oxygen atoms in total. The maximum atomic E-state index is 13.7. The molecule has 186 valence electrons. The van der Waals surface area contributed by atoms with Gasteiger partial charge >= 0.3 is 0 Å². The van der Waals surface area contributed by atoms with E-state index in [1.165, 1.54) is 4.90 Å². The summed E-state index contributed by atoms with van der Waals surface area (Å²) >= 11 is 0. The summed E-state index contributed by atoms with van der Waals surface area (Å²) in [5.41, 5.74) is 1.64. The number of carbonyl (C=O) groups is 3. The smallest absolute Gasteiger partial charge is 0.240 e. The van der Waals surface area contributed by atoms with Crippen molar-refractivity contribution >= 4 is 17.7 Å². The summed E-state index contributed by atoms with van der Waals surface area (Å²) in [5.74, 6) is -0.129. The van der Waals surface area contributed by atoms with Crippen LogP contribution in [-0.2, 0) is 26.3 Å². The van der Waals surface area contributed by atoms with Gasteiger partial charge < -0.3 is 9.64 Å². The number of amides is 3. The average molecular weight is 486 g/mol. The molecule has 3 amide bonds. The van der Waals surface area contributed by atoms with Gasteiger partial charge in [0, 0.05) is 39.2 Å². The van der Waals surface area contributed by atoms with E-state index < -0.39 is 5.41 Å². The molecule has 2 aromatic carbocycles. The predicted molar refractivity (Wildman–Crippen MR) is 136 cm³/mol. The van der Waals surface area contributed by atoms with Gasteiger partial charge in [-0.1, -0.05) is 60.2 Å². The zero-order chi connectivity index (χ0) is 25.5. The molecule has 0 N–H and O–H groups in total. The minimum Gasteiger partial charge on any atom is -0.492 e. The van der Waals surface area contributed by atoms with Crippen molar-refractivity contribution in [3.63, 3.8) is 0 Å². The van der Waals surface area contributed by atoms with Crippen molar-refractivity contribution in [3.8, 4) is 5.75 Å². The van der Waals surface area contributed by atoms with Gasteiger partial charge in [0.25, 0.3) is 0 Å². The summed E-state index contributed by atoms with van der Waals surface area (Å²) in [7, 11) is 1.73. The van der Waals surface area contributed by atoms with E-state index in [1.54, 1.807) is 36.5 Å². The second-order valence-corrected chi connectivity index (χ2v) is 9.28. The normalized spacial score (nSPS) is 17.3. The number of nitrogens with zero attached hydrogens (tertiary/aromatic N) is 3. The molecule has 0 aliphatic carbocycles. The first-order valence-electron chi connectivity index (χ1n) is 12.1. The van der Waals surface area contributed by atoms with Crippen LogP contribution in [0.15, 0.2) is 79.1 Å². The Hall–Kier alpha value is -4.00. The van der Waals surface area contributed by atoms with Crippen molar-refractivity contribution in [3.05, 3.63) is 95.8 Å². The maximum absolute atomic E-state index is 13.7. The predicted octanol–water partition coefficient (Wildman–Crippen LogP) is 3.90. The van der Waals surface area contributed by atoms with E-state index in [0.717, 1.165) is 11.1 Å². The second-order valence-electron chi connectivity index (χ2n) is 9.28. The first-order valence-corrected chi connectivity index (χ1v) is 12.1. The lowest BCUT2D eigenvalue weighted by Crippen LogP contribution is -2.43. The molecule has 0 spiro atoms. The van der Waals surface area contributed by atoms with Crippen LogP contribution in [-0.4, -0.2) is 52.7 Å². The van der Waals surface area contributed by atoms with Crippen LogP contribution in [0, 0.1) is 6.92 Å². The molecule has 1 aliphatic heterocycles. The largest absolute Gasteiger partial charge is 0.492 e. The molecule has 0 bridgehead atoms. The Morgan fingerprint density at radius 1 is 1.06 bits per heavy atom. The van der Waals surface area contributed by atoms with Gasteiger partial charge in [0.1, 0.15) is 5.75 Å². The van der Waals surface area contributed by atoms with Gasteiger partial charge in [0.2, 0.25) is 17.7 Å². The van der Waals surface area contributed by atoms with Crippen molar-refractivity contribution in [1.82, 2.24) is 14.8 Å². The number of benzene rings is 2. The van der Waals surface area contributed by atoms with Gasteiger partial charge in [-0.15, -0.1) is 0 Å². The third-order valence-electron chi connectivity index (χ3n) is 6.58. The molecule has 4 rings (SSSR count). The second kappa shape index (κ2) is 11.2. The Morgan fingerprint density at radius 2 is 1.81 bits per heavy atom. The number of rotatable bonds is 10. The summed E-state index contributed by atoms with van der Waals surface area (Å²) in [4.78, 5) is 47.0. The quantitative estimate of drug-likeness (QED) is 0.321. The van der Waals surface area contributed by atoms with Crippen LogP contribution >= 0.6 is 0 Å². The van der Waals surface area contributed by atoms with Crippen LogP contribution in [0.3, 0.4) is 0 Å². The number of ether oxygens (including phenoxy) is 1. The van der Waals surface area contributed by atoms with Gasteiger partial charge in [-0.2, -0.15) is 0 Å². The van der Waals surface area contributed by atoms with Gasteiger partial charge in [0.05, 0.1) is 18.2 Å². The first kappa shape index (κ1) is 25.1. The monoisotopic (exact) mass is 485 g/mol. The van der Waals surface area contributed by atoms with Gasteiger partial charge in [-0.25, -0.2) is 0 Å². The number of likely N-dealkylation sites (tertiary alicyclic amines) is 1. The van der Waals surface area contributed by atoms with E-state index in [0.29, 0.717) is 30.9 Å². The number of carbonyl (C=O) groups excluding carboxylic acids is 3. The van der Waals surface area contributed by atoms with Gasteiger partial charge in [-0.3, -0.25) is 24.3 Å². The summed E-state index contributed by atoms with van der Waals surface area (Å²) in [6.45, 7) is 3.03. The summed E-state index contributed by atoms with van der Waals surface area (Å²) < 4.78 is 5.66. The van der Waals surface area contributed by atoms with Gasteiger partial charge in [0.15, 0.2) is 0 Å². The van der Waals surface area contributed by atoms with E-state index in [1.807, 2.05) is 61.5 Å². The van der Waals surface area contributed by atoms with E-state index in [9.17, 15) is 14.4 Å². The van der Waals surface area contributed by atoms with E-state index in [4.69, 9.17) is 4.74 Å². The molecule has 7 heteroatoms. The maximum Gasteiger partial charge on any atom is 0.240 e. The highest BCUT2D eigenvalue weighted by molar-refractivity contribution is 6.10. The van der Waals surface area contributed by atoms with Crippen molar-refractivity contribution in [2.75, 3.05) is 20.2 Å². The fourth-order valence-electron chi connectivity index (χ4n) is 4.54. The molecule has 1 aliphatic rings. The molecule has 1 saturated heterocycles. The van der Waals surface area contributed by atoms with E-state index in [-0.39, 0.29) is 37.1 Å². The summed E-state index contributed by atoms with van der Waals surface area (Å²) in [6, 6.07) is 20.8. The molecular formula is C29H31N3O4. The molecular weight excluding hydrogens is 454 g/mol. The fourth-order valence-corrected chi connectivity index (χ4v) is 4.54. The van der Waals surface area contributed by atoms with Crippen molar-refractivity contribution in [2.24, 2.45) is 0 Å². The van der Waals surface area contributed by atoms with Crippen molar-refractivity contribution < 1.29 is 19.1 Å². The number of imide groups is 1. The fraction of sp³-hybridized carbons (Fsp3) is 0.310. The standard InChI is InChI=1S/C29H31N3O4/c1-22-11-13-23(14-12-22)21-31(2)26(33)18-29(24-8-4-3-5-9-24)19-27(34)32(28(29)35)16-7-17-36-25-10-6-15-30-20-25/h3-6,8-15,20H,7,16-19,21H2,1-2H3. The Morgan fingerprint density at radius 3 is 2.50 bits per heavy atom. The molecule has 1 fully saturated rings. The highest BCUT2D eigenvalue weighted by Gasteiger charge is 2.53. The Kier molecular flexibility index (Phi) is 7.78. The molecule has 3 aromatic rings. The number of hydrogen-bond acceptors (Lipinski definition) is 5. The zero-order valence-corrected chi connectivity index (χ0v) is 20.7. The van der Waals surface area contributed by atoms with Crippen LogP contribution in [0.2, 0.25) is 0 Å². The van der Waals surface area contributed by atoms with Crippen molar-refractivity contribution in [2.45, 2.75) is 38.1 Å². The topological polar surface area (TPSA) is 79.8 Å². The van der Waals surface area contributed by atoms with E-state index >= 15 is 0 Å². The molecule has 36 heavy (non-hydrogen) atoms. The highest BCUT2D eigenvalue weighted by Crippen LogP contribution is 2.40. The van der Waals surface area contributed by atoms with Crippen LogP contribution in [0.25, 0.3) is 0 Å². The SMILES string of the molecule is Cc1ccc(CN(C)C(=O)CC2(c3ccccc3)CC(=O)N(CCCOc3cccnc3)C2=O)cc1. The van der Waals surface area contributed by atoms with Crippen molar-refractivity contribution in [1.29, 1.82) is 0 Å². The average Bonchev–Trinajstić information content (AvgIpc) is 3.13. The number of hydrogen-bond donors (Lipinski definition) is 0.